The Morgan fingerprint density at radius 3 is 2.48 bits per heavy atom. The fourth-order valence-corrected chi connectivity index (χ4v) is 3.94. The van der Waals surface area contributed by atoms with Gasteiger partial charge in [0.25, 0.3) is 5.91 Å². The van der Waals surface area contributed by atoms with Crippen LogP contribution < -0.4 is 19.5 Å². The Morgan fingerprint density at radius 1 is 0.968 bits per heavy atom. The maximum atomic E-state index is 12.2. The number of nitrogens with zero attached hydrogens (tertiary/aromatic N) is 1. The number of methoxy groups -OCH3 is 2. The molecule has 6 heteroatoms. The van der Waals surface area contributed by atoms with Crippen molar-refractivity contribution in [2.45, 2.75) is 13.0 Å². The van der Waals surface area contributed by atoms with Crippen molar-refractivity contribution in [3.63, 3.8) is 0 Å². The number of amides is 1. The standard InChI is InChI=1S/C25H28N2O4/c1-29-23-14-20-9-11-27(16-21(20)15-24(23)30-2)12-10-26-25(28)17-31-22-8-7-18-5-3-4-6-19(18)13-22/h3-8,13-15H,9-12,16-17H2,1-2H3,(H,26,28). The van der Waals surface area contributed by atoms with Crippen molar-refractivity contribution in [2.75, 3.05) is 40.5 Å². The van der Waals surface area contributed by atoms with Gasteiger partial charge in [-0.3, -0.25) is 9.69 Å². The summed E-state index contributed by atoms with van der Waals surface area (Å²) < 4.78 is 16.5. The Morgan fingerprint density at radius 2 is 1.71 bits per heavy atom. The van der Waals surface area contributed by atoms with E-state index >= 15 is 0 Å². The molecular weight excluding hydrogens is 392 g/mol. The van der Waals surface area contributed by atoms with Gasteiger partial charge >= 0.3 is 0 Å². The number of nitrogens with one attached hydrogen (secondary N) is 1. The van der Waals surface area contributed by atoms with Crippen LogP contribution in [0.1, 0.15) is 11.1 Å². The molecule has 0 unspecified atom stereocenters. The topological polar surface area (TPSA) is 60.0 Å². The van der Waals surface area contributed by atoms with Gasteiger partial charge < -0.3 is 19.5 Å². The van der Waals surface area contributed by atoms with Gasteiger partial charge in [-0.15, -0.1) is 0 Å². The number of hydrogen-bond acceptors (Lipinski definition) is 5. The summed E-state index contributed by atoms with van der Waals surface area (Å²) in [6, 6.07) is 18.0. The monoisotopic (exact) mass is 420 g/mol. The second-order valence-electron chi connectivity index (χ2n) is 7.65. The second-order valence-corrected chi connectivity index (χ2v) is 7.65. The SMILES string of the molecule is COc1cc2c(cc1OC)CN(CCNC(=O)COc1ccc3ccccc3c1)CC2. The molecule has 3 aromatic rings. The van der Waals surface area contributed by atoms with E-state index in [4.69, 9.17) is 14.2 Å². The van der Waals surface area contributed by atoms with E-state index in [0.29, 0.717) is 12.3 Å². The predicted octanol–water partition coefficient (Wildman–Crippen LogP) is 3.41. The van der Waals surface area contributed by atoms with Crippen LogP contribution in [0.2, 0.25) is 0 Å². The van der Waals surface area contributed by atoms with Crippen LogP contribution in [0.3, 0.4) is 0 Å². The molecule has 1 N–H and O–H groups in total. The highest BCUT2D eigenvalue weighted by molar-refractivity contribution is 5.84. The minimum atomic E-state index is -0.114. The smallest absolute Gasteiger partial charge is 0.257 e. The second kappa shape index (κ2) is 9.71. The molecular formula is C25H28N2O4. The first-order valence-corrected chi connectivity index (χ1v) is 10.5. The third-order valence-corrected chi connectivity index (χ3v) is 5.64. The molecule has 0 saturated carbocycles. The molecule has 0 radical (unpaired) electrons. The van der Waals surface area contributed by atoms with Crippen molar-refractivity contribution in [2.24, 2.45) is 0 Å². The predicted molar refractivity (Wildman–Crippen MR) is 121 cm³/mol. The molecule has 1 aliphatic rings. The van der Waals surface area contributed by atoms with Gasteiger partial charge in [0, 0.05) is 26.2 Å². The molecule has 0 atom stereocenters. The van der Waals surface area contributed by atoms with Crippen molar-refractivity contribution in [3.8, 4) is 17.2 Å². The van der Waals surface area contributed by atoms with Crippen LogP contribution in [0.4, 0.5) is 0 Å². The van der Waals surface area contributed by atoms with E-state index in [9.17, 15) is 4.79 Å². The summed E-state index contributed by atoms with van der Waals surface area (Å²) in [5.74, 6) is 2.11. The quantitative estimate of drug-likeness (QED) is 0.605. The third-order valence-electron chi connectivity index (χ3n) is 5.64. The first kappa shape index (κ1) is 21.0. The van der Waals surface area contributed by atoms with Crippen LogP contribution in [0.25, 0.3) is 10.8 Å². The highest BCUT2D eigenvalue weighted by Gasteiger charge is 2.19. The Hall–Kier alpha value is -3.25. The van der Waals surface area contributed by atoms with E-state index in [2.05, 4.69) is 28.4 Å². The van der Waals surface area contributed by atoms with Gasteiger partial charge in [0.05, 0.1) is 14.2 Å². The zero-order valence-electron chi connectivity index (χ0n) is 18.0. The van der Waals surface area contributed by atoms with Gasteiger partial charge in [0.15, 0.2) is 18.1 Å². The highest BCUT2D eigenvalue weighted by atomic mass is 16.5. The molecule has 1 amide bonds. The van der Waals surface area contributed by atoms with E-state index in [1.165, 1.54) is 11.1 Å². The fraction of sp³-hybridized carbons (Fsp3) is 0.320. The number of fused-ring (bicyclic) bond motifs is 2. The van der Waals surface area contributed by atoms with E-state index < -0.39 is 0 Å². The van der Waals surface area contributed by atoms with Gasteiger partial charge in [0.2, 0.25) is 0 Å². The molecule has 31 heavy (non-hydrogen) atoms. The van der Waals surface area contributed by atoms with Crippen molar-refractivity contribution in [1.82, 2.24) is 10.2 Å². The average molecular weight is 421 g/mol. The number of hydrogen-bond donors (Lipinski definition) is 1. The summed E-state index contributed by atoms with van der Waals surface area (Å²) in [5.41, 5.74) is 2.54. The summed E-state index contributed by atoms with van der Waals surface area (Å²) in [6.45, 7) is 3.17. The number of benzene rings is 3. The lowest BCUT2D eigenvalue weighted by molar-refractivity contribution is -0.123. The van der Waals surface area contributed by atoms with Crippen molar-refractivity contribution in [1.29, 1.82) is 0 Å². The number of carbonyl (C=O) groups is 1. The molecule has 3 aromatic carbocycles. The lowest BCUT2D eigenvalue weighted by Gasteiger charge is -2.29. The molecule has 0 fully saturated rings. The Bertz CT molecular complexity index is 1070. The Balaban J connectivity index is 1.23. The number of carbonyl (C=O) groups excluding carboxylic acids is 1. The normalized spacial score (nSPS) is 13.5. The third kappa shape index (κ3) is 5.09. The maximum absolute atomic E-state index is 12.2. The zero-order chi connectivity index (χ0) is 21.6. The van der Waals surface area contributed by atoms with Gasteiger partial charge in [0.1, 0.15) is 5.75 Å². The van der Waals surface area contributed by atoms with Crippen LogP contribution in [-0.2, 0) is 17.8 Å². The molecule has 0 saturated heterocycles. The van der Waals surface area contributed by atoms with Gasteiger partial charge in [-0.25, -0.2) is 0 Å². The van der Waals surface area contributed by atoms with E-state index in [-0.39, 0.29) is 12.5 Å². The Labute approximate surface area is 182 Å². The minimum Gasteiger partial charge on any atom is -0.493 e. The fourth-order valence-electron chi connectivity index (χ4n) is 3.94. The van der Waals surface area contributed by atoms with Gasteiger partial charge in [-0.05, 0) is 52.6 Å². The lowest BCUT2D eigenvalue weighted by Crippen LogP contribution is -2.39. The molecule has 0 aromatic heterocycles. The molecule has 0 aliphatic carbocycles. The van der Waals surface area contributed by atoms with Crippen LogP contribution in [-0.4, -0.2) is 51.3 Å². The highest BCUT2D eigenvalue weighted by Crippen LogP contribution is 2.33. The van der Waals surface area contributed by atoms with Crippen LogP contribution in [0.5, 0.6) is 17.2 Å². The number of ether oxygens (including phenoxy) is 3. The summed E-state index contributed by atoms with van der Waals surface area (Å²) in [6.07, 6.45) is 0.953. The lowest BCUT2D eigenvalue weighted by atomic mass is 9.99. The first-order valence-electron chi connectivity index (χ1n) is 10.5. The minimum absolute atomic E-state index is 0.0121. The van der Waals surface area contributed by atoms with Gasteiger partial charge in [-0.2, -0.15) is 0 Å². The van der Waals surface area contributed by atoms with Crippen LogP contribution in [0.15, 0.2) is 54.6 Å². The molecule has 0 bridgehead atoms. The molecule has 1 aliphatic heterocycles. The van der Waals surface area contributed by atoms with Crippen molar-refractivity contribution in [3.05, 3.63) is 65.7 Å². The molecule has 162 valence electrons. The van der Waals surface area contributed by atoms with Crippen molar-refractivity contribution < 1.29 is 19.0 Å². The first-order chi connectivity index (χ1) is 15.2. The summed E-state index contributed by atoms with van der Waals surface area (Å²) in [4.78, 5) is 14.5. The molecule has 6 nitrogen and oxygen atoms in total. The van der Waals surface area contributed by atoms with Gasteiger partial charge in [-0.1, -0.05) is 30.3 Å². The summed E-state index contributed by atoms with van der Waals surface area (Å²) in [7, 11) is 3.31. The van der Waals surface area contributed by atoms with Crippen molar-refractivity contribution >= 4 is 16.7 Å². The number of rotatable bonds is 8. The summed E-state index contributed by atoms with van der Waals surface area (Å²) >= 11 is 0. The van der Waals surface area contributed by atoms with E-state index in [1.807, 2.05) is 36.4 Å². The summed E-state index contributed by atoms with van der Waals surface area (Å²) in [5, 5.41) is 5.20. The Kier molecular flexibility index (Phi) is 6.57. The molecule has 0 spiro atoms. The van der Waals surface area contributed by atoms with E-state index in [0.717, 1.165) is 48.3 Å². The zero-order valence-corrected chi connectivity index (χ0v) is 18.0. The van der Waals surface area contributed by atoms with E-state index in [1.54, 1.807) is 14.2 Å². The molecule has 4 rings (SSSR count). The van der Waals surface area contributed by atoms with Crippen LogP contribution in [0, 0.1) is 0 Å². The van der Waals surface area contributed by atoms with Crippen LogP contribution >= 0.6 is 0 Å². The largest absolute Gasteiger partial charge is 0.493 e. The average Bonchev–Trinajstić information content (AvgIpc) is 2.81. The molecule has 1 heterocycles. The maximum Gasteiger partial charge on any atom is 0.257 e.